The van der Waals surface area contributed by atoms with Crippen molar-refractivity contribution in [3.8, 4) is 0 Å². The standard InChI is InChI=1S/C17H22N2S/c1-2-18-15(12-13-8-4-3-5-9-13)17-19-14-10-6-7-11-16(14)20-17/h3-5,8-9,15,18H,2,6-7,10-12H2,1H3. The van der Waals surface area contributed by atoms with Gasteiger partial charge in [0.1, 0.15) is 5.01 Å². The normalized spacial score (nSPS) is 15.8. The van der Waals surface area contributed by atoms with Crippen LogP contribution in [0.2, 0.25) is 0 Å². The second-order valence-corrected chi connectivity index (χ2v) is 6.54. The van der Waals surface area contributed by atoms with E-state index >= 15 is 0 Å². The van der Waals surface area contributed by atoms with Gasteiger partial charge in [-0.25, -0.2) is 4.98 Å². The molecule has 1 aliphatic carbocycles. The van der Waals surface area contributed by atoms with Gasteiger partial charge in [0, 0.05) is 4.88 Å². The van der Waals surface area contributed by atoms with Gasteiger partial charge in [-0.3, -0.25) is 0 Å². The summed E-state index contributed by atoms with van der Waals surface area (Å²) < 4.78 is 0. The van der Waals surface area contributed by atoms with E-state index in [-0.39, 0.29) is 0 Å². The van der Waals surface area contributed by atoms with Gasteiger partial charge >= 0.3 is 0 Å². The molecule has 2 nitrogen and oxygen atoms in total. The summed E-state index contributed by atoms with van der Waals surface area (Å²) in [6.07, 6.45) is 6.08. The zero-order valence-electron chi connectivity index (χ0n) is 12.1. The first-order valence-corrected chi connectivity index (χ1v) is 8.44. The van der Waals surface area contributed by atoms with E-state index in [1.54, 1.807) is 0 Å². The minimum atomic E-state index is 0.359. The van der Waals surface area contributed by atoms with Gasteiger partial charge in [-0.2, -0.15) is 0 Å². The Bertz CT molecular complexity index is 524. The highest BCUT2D eigenvalue weighted by atomic mass is 32.1. The summed E-state index contributed by atoms with van der Waals surface area (Å²) in [5, 5.41) is 4.88. The lowest BCUT2D eigenvalue weighted by atomic mass is 10.0. The van der Waals surface area contributed by atoms with Crippen LogP contribution in [-0.2, 0) is 19.3 Å². The van der Waals surface area contributed by atoms with Crippen LogP contribution in [-0.4, -0.2) is 11.5 Å². The lowest BCUT2D eigenvalue weighted by molar-refractivity contribution is 0.544. The average molecular weight is 286 g/mol. The molecule has 1 unspecified atom stereocenters. The number of hydrogen-bond acceptors (Lipinski definition) is 3. The average Bonchev–Trinajstić information content (AvgIpc) is 2.92. The lowest BCUT2D eigenvalue weighted by Crippen LogP contribution is -2.22. The molecule has 1 aliphatic rings. The Labute approximate surface area is 125 Å². The van der Waals surface area contributed by atoms with Crippen LogP contribution >= 0.6 is 11.3 Å². The van der Waals surface area contributed by atoms with Crippen LogP contribution in [0.5, 0.6) is 0 Å². The summed E-state index contributed by atoms with van der Waals surface area (Å²) >= 11 is 1.93. The molecule has 1 atom stereocenters. The molecule has 3 heteroatoms. The monoisotopic (exact) mass is 286 g/mol. The van der Waals surface area contributed by atoms with E-state index < -0.39 is 0 Å². The lowest BCUT2D eigenvalue weighted by Gasteiger charge is -2.15. The molecule has 106 valence electrons. The minimum absolute atomic E-state index is 0.359. The fourth-order valence-corrected chi connectivity index (χ4v) is 4.09. The van der Waals surface area contributed by atoms with Gasteiger partial charge in [0.05, 0.1) is 11.7 Å². The molecule has 1 heterocycles. The fourth-order valence-electron chi connectivity index (χ4n) is 2.86. The van der Waals surface area contributed by atoms with Gasteiger partial charge < -0.3 is 5.32 Å². The molecule has 20 heavy (non-hydrogen) atoms. The number of nitrogens with one attached hydrogen (secondary N) is 1. The second kappa shape index (κ2) is 6.51. The summed E-state index contributed by atoms with van der Waals surface area (Å²) in [5.74, 6) is 0. The maximum atomic E-state index is 4.92. The van der Waals surface area contributed by atoms with Crippen LogP contribution in [0, 0.1) is 0 Å². The molecular weight excluding hydrogens is 264 g/mol. The van der Waals surface area contributed by atoms with Gasteiger partial charge in [0.25, 0.3) is 0 Å². The van der Waals surface area contributed by atoms with Crippen molar-refractivity contribution in [1.82, 2.24) is 10.3 Å². The number of thiazole rings is 1. The molecule has 0 bridgehead atoms. The van der Waals surface area contributed by atoms with Gasteiger partial charge in [-0.15, -0.1) is 11.3 Å². The molecule has 3 rings (SSSR count). The van der Waals surface area contributed by atoms with E-state index in [0.29, 0.717) is 6.04 Å². The first kappa shape index (κ1) is 13.8. The minimum Gasteiger partial charge on any atom is -0.308 e. The van der Waals surface area contributed by atoms with Crippen molar-refractivity contribution in [2.45, 2.75) is 45.1 Å². The molecule has 0 fully saturated rings. The number of hydrogen-bond donors (Lipinski definition) is 1. The quantitative estimate of drug-likeness (QED) is 0.901. The van der Waals surface area contributed by atoms with E-state index in [0.717, 1.165) is 13.0 Å². The number of aromatic nitrogens is 1. The smallest absolute Gasteiger partial charge is 0.110 e. The van der Waals surface area contributed by atoms with E-state index in [1.165, 1.54) is 46.8 Å². The van der Waals surface area contributed by atoms with Crippen molar-refractivity contribution in [2.24, 2.45) is 0 Å². The number of fused-ring (bicyclic) bond motifs is 1. The molecule has 1 aromatic carbocycles. The molecule has 1 aromatic heterocycles. The number of likely N-dealkylation sites (N-methyl/N-ethyl adjacent to an activating group) is 1. The SMILES string of the molecule is CCNC(Cc1ccccc1)c1nc2c(s1)CCCC2. The zero-order valence-corrected chi connectivity index (χ0v) is 12.9. The highest BCUT2D eigenvalue weighted by Gasteiger charge is 2.20. The Morgan fingerprint density at radius 1 is 1.20 bits per heavy atom. The Hall–Kier alpha value is -1.19. The molecule has 0 spiro atoms. The Morgan fingerprint density at radius 3 is 2.75 bits per heavy atom. The van der Waals surface area contributed by atoms with E-state index in [1.807, 2.05) is 11.3 Å². The van der Waals surface area contributed by atoms with Crippen LogP contribution in [0.3, 0.4) is 0 Å². The van der Waals surface area contributed by atoms with Crippen molar-refractivity contribution in [3.05, 3.63) is 51.5 Å². The Kier molecular flexibility index (Phi) is 4.48. The van der Waals surface area contributed by atoms with Crippen molar-refractivity contribution < 1.29 is 0 Å². The molecule has 0 amide bonds. The first-order valence-electron chi connectivity index (χ1n) is 7.62. The number of aryl methyl sites for hydroxylation is 2. The van der Waals surface area contributed by atoms with Crippen molar-refractivity contribution in [1.29, 1.82) is 0 Å². The number of nitrogens with zero attached hydrogens (tertiary/aromatic N) is 1. The molecule has 2 aromatic rings. The third kappa shape index (κ3) is 3.10. The summed E-state index contributed by atoms with van der Waals surface area (Å²) in [6, 6.07) is 11.1. The van der Waals surface area contributed by atoms with Crippen LogP contribution in [0.25, 0.3) is 0 Å². The predicted molar refractivity (Wildman–Crippen MR) is 85.3 cm³/mol. The summed E-state index contributed by atoms with van der Waals surface area (Å²) in [6.45, 7) is 3.16. The van der Waals surface area contributed by atoms with Crippen LogP contribution < -0.4 is 5.32 Å². The number of rotatable bonds is 5. The van der Waals surface area contributed by atoms with E-state index in [4.69, 9.17) is 4.98 Å². The van der Waals surface area contributed by atoms with Crippen molar-refractivity contribution in [3.63, 3.8) is 0 Å². The molecule has 0 radical (unpaired) electrons. The van der Waals surface area contributed by atoms with E-state index in [9.17, 15) is 0 Å². The highest BCUT2D eigenvalue weighted by Crippen LogP contribution is 2.31. The maximum absolute atomic E-state index is 4.92. The van der Waals surface area contributed by atoms with Gasteiger partial charge in [-0.05, 0) is 44.2 Å². The fraction of sp³-hybridized carbons (Fsp3) is 0.471. The van der Waals surface area contributed by atoms with Crippen LogP contribution in [0.15, 0.2) is 30.3 Å². The molecular formula is C17H22N2S. The Morgan fingerprint density at radius 2 is 2.00 bits per heavy atom. The largest absolute Gasteiger partial charge is 0.308 e. The molecule has 0 saturated carbocycles. The van der Waals surface area contributed by atoms with Gasteiger partial charge in [-0.1, -0.05) is 37.3 Å². The van der Waals surface area contributed by atoms with Crippen LogP contribution in [0.1, 0.15) is 46.9 Å². The van der Waals surface area contributed by atoms with Crippen LogP contribution in [0.4, 0.5) is 0 Å². The summed E-state index contributed by atoms with van der Waals surface area (Å²) in [4.78, 5) is 6.45. The number of benzene rings is 1. The van der Waals surface area contributed by atoms with Gasteiger partial charge in [0.2, 0.25) is 0 Å². The first-order chi connectivity index (χ1) is 9.86. The second-order valence-electron chi connectivity index (χ2n) is 5.43. The highest BCUT2D eigenvalue weighted by molar-refractivity contribution is 7.11. The summed E-state index contributed by atoms with van der Waals surface area (Å²) in [7, 11) is 0. The van der Waals surface area contributed by atoms with Gasteiger partial charge in [0.15, 0.2) is 0 Å². The third-order valence-electron chi connectivity index (χ3n) is 3.89. The van der Waals surface area contributed by atoms with Crippen molar-refractivity contribution in [2.75, 3.05) is 6.54 Å². The maximum Gasteiger partial charge on any atom is 0.110 e. The topological polar surface area (TPSA) is 24.9 Å². The zero-order chi connectivity index (χ0) is 13.8. The predicted octanol–water partition coefficient (Wildman–Crippen LogP) is 3.92. The third-order valence-corrected chi connectivity index (χ3v) is 5.16. The molecule has 1 N–H and O–H groups in total. The Balaban J connectivity index is 1.81. The van der Waals surface area contributed by atoms with E-state index in [2.05, 4.69) is 42.6 Å². The molecule has 0 saturated heterocycles. The molecule has 0 aliphatic heterocycles. The van der Waals surface area contributed by atoms with Crippen molar-refractivity contribution >= 4 is 11.3 Å². The summed E-state index contributed by atoms with van der Waals surface area (Å²) in [5.41, 5.74) is 2.75.